The summed E-state index contributed by atoms with van der Waals surface area (Å²) in [6.07, 6.45) is 4.82. The fourth-order valence-electron chi connectivity index (χ4n) is 1.72. The smallest absolute Gasteiger partial charge is 0.236 e. The maximum absolute atomic E-state index is 11.7. The Kier molecular flexibility index (Phi) is 7.14. The highest BCUT2D eigenvalue weighted by atomic mass is 16.5. The molecule has 0 aromatic carbocycles. The van der Waals surface area contributed by atoms with Crippen LogP contribution in [0, 0.1) is 0 Å². The lowest BCUT2D eigenvalue weighted by atomic mass is 10.3. The van der Waals surface area contributed by atoms with Crippen molar-refractivity contribution < 1.29 is 9.53 Å². The topological polar surface area (TPSA) is 68.2 Å². The Morgan fingerprint density at radius 1 is 1.58 bits per heavy atom. The Labute approximate surface area is 114 Å². The first-order valence-corrected chi connectivity index (χ1v) is 6.69. The zero-order chi connectivity index (χ0) is 14.1. The number of aromatic nitrogens is 2. The average molecular weight is 268 g/mol. The Bertz CT molecular complexity index is 378. The van der Waals surface area contributed by atoms with Gasteiger partial charge in [-0.3, -0.25) is 10.1 Å². The molecule has 1 heterocycles. The molecule has 1 atom stereocenters. The van der Waals surface area contributed by atoms with E-state index in [0.29, 0.717) is 19.7 Å². The quantitative estimate of drug-likeness (QED) is 0.641. The largest absolute Gasteiger partial charge is 0.383 e. The number of carbonyl (C=O) groups is 1. The molecular formula is C13H24N4O2. The second-order valence-electron chi connectivity index (χ2n) is 4.42. The van der Waals surface area contributed by atoms with Gasteiger partial charge in [0.05, 0.1) is 19.2 Å². The van der Waals surface area contributed by atoms with Crippen molar-refractivity contribution in [3.8, 4) is 0 Å². The summed E-state index contributed by atoms with van der Waals surface area (Å²) in [5.41, 5.74) is 0. The minimum atomic E-state index is -0.247. The molecule has 0 bridgehead atoms. The Morgan fingerprint density at radius 3 is 3.05 bits per heavy atom. The van der Waals surface area contributed by atoms with Crippen LogP contribution in [0.1, 0.15) is 26.1 Å². The van der Waals surface area contributed by atoms with E-state index >= 15 is 0 Å². The number of nitrogens with one attached hydrogen (secondary N) is 2. The fraction of sp³-hybridized carbons (Fsp3) is 0.692. The number of hydrogen-bond donors (Lipinski definition) is 2. The lowest BCUT2D eigenvalue weighted by Gasteiger charge is -2.14. The predicted octanol–water partition coefficient (Wildman–Crippen LogP) is 0.534. The summed E-state index contributed by atoms with van der Waals surface area (Å²) < 4.78 is 6.98. The van der Waals surface area contributed by atoms with Crippen molar-refractivity contribution in [3.63, 3.8) is 0 Å². The van der Waals surface area contributed by atoms with E-state index in [1.807, 2.05) is 13.1 Å². The number of nitrogens with zero attached hydrogens (tertiary/aromatic N) is 2. The van der Waals surface area contributed by atoms with Crippen LogP contribution in [0.2, 0.25) is 0 Å². The molecule has 6 nitrogen and oxygen atoms in total. The maximum Gasteiger partial charge on any atom is 0.236 e. The third kappa shape index (κ3) is 5.40. The van der Waals surface area contributed by atoms with Crippen LogP contribution in [0.4, 0.5) is 0 Å². The van der Waals surface area contributed by atoms with Crippen LogP contribution in [0.3, 0.4) is 0 Å². The summed E-state index contributed by atoms with van der Waals surface area (Å²) in [6.45, 7) is 6.57. The van der Waals surface area contributed by atoms with Gasteiger partial charge in [0.1, 0.15) is 5.82 Å². The summed E-state index contributed by atoms with van der Waals surface area (Å²) in [6, 6.07) is -0.247. The molecule has 0 radical (unpaired) electrons. The number of ether oxygens (including phenoxy) is 1. The van der Waals surface area contributed by atoms with Crippen LogP contribution in [0.5, 0.6) is 0 Å². The minimum Gasteiger partial charge on any atom is -0.383 e. The molecule has 1 aromatic rings. The Morgan fingerprint density at radius 2 is 2.37 bits per heavy atom. The van der Waals surface area contributed by atoms with E-state index in [1.54, 1.807) is 13.3 Å². The fourth-order valence-corrected chi connectivity index (χ4v) is 1.72. The highest BCUT2D eigenvalue weighted by Crippen LogP contribution is 1.99. The molecule has 0 saturated carbocycles. The van der Waals surface area contributed by atoms with Crippen molar-refractivity contribution in [1.82, 2.24) is 20.2 Å². The normalized spacial score (nSPS) is 12.4. The second-order valence-corrected chi connectivity index (χ2v) is 4.42. The van der Waals surface area contributed by atoms with Gasteiger partial charge < -0.3 is 14.6 Å². The summed E-state index contributed by atoms with van der Waals surface area (Å²) in [7, 11) is 1.61. The van der Waals surface area contributed by atoms with Gasteiger partial charge in [0, 0.05) is 32.6 Å². The summed E-state index contributed by atoms with van der Waals surface area (Å²) in [4.78, 5) is 16.0. The molecule has 0 spiro atoms. The monoisotopic (exact) mass is 268 g/mol. The second kappa shape index (κ2) is 8.66. The van der Waals surface area contributed by atoms with Crippen molar-refractivity contribution in [3.05, 3.63) is 18.2 Å². The van der Waals surface area contributed by atoms with Crippen LogP contribution in [-0.2, 0) is 22.6 Å². The van der Waals surface area contributed by atoms with Crippen molar-refractivity contribution in [2.45, 2.75) is 39.4 Å². The van der Waals surface area contributed by atoms with E-state index in [2.05, 4.69) is 27.1 Å². The number of methoxy groups -OCH3 is 1. The van der Waals surface area contributed by atoms with E-state index in [9.17, 15) is 4.79 Å². The lowest BCUT2D eigenvalue weighted by Crippen LogP contribution is -2.43. The van der Waals surface area contributed by atoms with Gasteiger partial charge in [0.25, 0.3) is 0 Å². The molecule has 108 valence electrons. The molecule has 0 aliphatic heterocycles. The number of aryl methyl sites for hydroxylation is 1. The SMILES string of the molecule is CCCn1ccnc1CNC(C)C(=O)NCCOC. The molecule has 2 N–H and O–H groups in total. The van der Waals surface area contributed by atoms with Gasteiger partial charge in [-0.1, -0.05) is 6.92 Å². The zero-order valence-electron chi connectivity index (χ0n) is 12.0. The highest BCUT2D eigenvalue weighted by molar-refractivity contribution is 5.81. The molecule has 1 unspecified atom stereocenters. The predicted molar refractivity (Wildman–Crippen MR) is 73.7 cm³/mol. The molecule has 0 saturated heterocycles. The van der Waals surface area contributed by atoms with Gasteiger partial charge >= 0.3 is 0 Å². The first kappa shape index (κ1) is 15.7. The summed E-state index contributed by atoms with van der Waals surface area (Å²) in [5.74, 6) is 0.934. The van der Waals surface area contributed by atoms with E-state index in [-0.39, 0.29) is 11.9 Å². The van der Waals surface area contributed by atoms with Gasteiger partial charge in [-0.25, -0.2) is 4.98 Å². The molecule has 1 amide bonds. The molecule has 6 heteroatoms. The summed E-state index contributed by atoms with van der Waals surface area (Å²) in [5, 5.41) is 5.97. The molecule has 1 aromatic heterocycles. The van der Waals surface area contributed by atoms with Crippen LogP contribution in [0.15, 0.2) is 12.4 Å². The molecular weight excluding hydrogens is 244 g/mol. The van der Waals surface area contributed by atoms with Crippen molar-refractivity contribution in [2.24, 2.45) is 0 Å². The van der Waals surface area contributed by atoms with E-state index in [1.165, 1.54) is 0 Å². The first-order chi connectivity index (χ1) is 9.19. The zero-order valence-corrected chi connectivity index (χ0v) is 12.0. The third-order valence-electron chi connectivity index (χ3n) is 2.83. The molecule has 1 rings (SSSR count). The lowest BCUT2D eigenvalue weighted by molar-refractivity contribution is -0.123. The molecule has 0 aliphatic carbocycles. The van der Waals surface area contributed by atoms with Gasteiger partial charge in [-0.15, -0.1) is 0 Å². The number of rotatable bonds is 9. The Hall–Kier alpha value is -1.40. The van der Waals surface area contributed by atoms with E-state index in [4.69, 9.17) is 4.74 Å². The third-order valence-corrected chi connectivity index (χ3v) is 2.83. The summed E-state index contributed by atoms with van der Waals surface area (Å²) >= 11 is 0. The van der Waals surface area contributed by atoms with Gasteiger partial charge in [0.15, 0.2) is 0 Å². The van der Waals surface area contributed by atoms with Crippen LogP contribution >= 0.6 is 0 Å². The molecule has 19 heavy (non-hydrogen) atoms. The van der Waals surface area contributed by atoms with Crippen LogP contribution < -0.4 is 10.6 Å². The van der Waals surface area contributed by atoms with Crippen LogP contribution in [-0.4, -0.2) is 41.8 Å². The van der Waals surface area contributed by atoms with E-state index in [0.717, 1.165) is 18.8 Å². The highest BCUT2D eigenvalue weighted by Gasteiger charge is 2.12. The van der Waals surface area contributed by atoms with Gasteiger partial charge in [-0.2, -0.15) is 0 Å². The van der Waals surface area contributed by atoms with Crippen molar-refractivity contribution in [2.75, 3.05) is 20.3 Å². The number of imidazole rings is 1. The van der Waals surface area contributed by atoms with Gasteiger partial charge in [0.2, 0.25) is 5.91 Å². The standard InChI is InChI=1S/C13H24N4O2/c1-4-7-17-8-5-14-12(17)10-16-11(2)13(18)15-6-9-19-3/h5,8,11,16H,4,6-7,9-10H2,1-3H3,(H,15,18). The average Bonchev–Trinajstić information content (AvgIpc) is 2.84. The van der Waals surface area contributed by atoms with Crippen molar-refractivity contribution in [1.29, 1.82) is 0 Å². The van der Waals surface area contributed by atoms with Gasteiger partial charge in [-0.05, 0) is 13.3 Å². The van der Waals surface area contributed by atoms with E-state index < -0.39 is 0 Å². The maximum atomic E-state index is 11.7. The van der Waals surface area contributed by atoms with Crippen molar-refractivity contribution >= 4 is 5.91 Å². The number of carbonyl (C=O) groups excluding carboxylic acids is 1. The number of hydrogen-bond acceptors (Lipinski definition) is 4. The van der Waals surface area contributed by atoms with Crippen LogP contribution in [0.25, 0.3) is 0 Å². The number of amides is 1. The minimum absolute atomic E-state index is 0.0225. The first-order valence-electron chi connectivity index (χ1n) is 6.69. The molecule has 0 fully saturated rings. The Balaban J connectivity index is 2.34. The molecule has 0 aliphatic rings.